The summed E-state index contributed by atoms with van der Waals surface area (Å²) in [6.07, 6.45) is 1.60. The molecule has 0 aliphatic carbocycles. The van der Waals surface area contributed by atoms with Gasteiger partial charge in [0.15, 0.2) is 5.76 Å². The van der Waals surface area contributed by atoms with Gasteiger partial charge in [0.2, 0.25) is 0 Å². The van der Waals surface area contributed by atoms with Crippen LogP contribution in [0.2, 0.25) is 0 Å². The Kier molecular flexibility index (Phi) is 3.09. The third kappa shape index (κ3) is 2.52. The molecule has 0 aromatic carbocycles. The van der Waals surface area contributed by atoms with Gasteiger partial charge in [0.05, 0.1) is 28.6 Å². The third-order valence-electron chi connectivity index (χ3n) is 1.97. The lowest BCUT2D eigenvalue weighted by atomic mass is 10.3. The Morgan fingerprint density at radius 2 is 2.31 bits per heavy atom. The minimum atomic E-state index is 0.538. The number of pyridine rings is 1. The van der Waals surface area contributed by atoms with Gasteiger partial charge in [0.1, 0.15) is 5.82 Å². The van der Waals surface area contributed by atoms with E-state index in [2.05, 4.69) is 31.4 Å². The van der Waals surface area contributed by atoms with Gasteiger partial charge in [0, 0.05) is 6.07 Å². The van der Waals surface area contributed by atoms with Gasteiger partial charge < -0.3 is 15.6 Å². The maximum atomic E-state index is 5.59. The predicted octanol–water partition coefficient (Wildman–Crippen LogP) is 2.33. The van der Waals surface area contributed by atoms with E-state index in [1.165, 1.54) is 0 Å². The molecule has 0 amide bonds. The number of anilines is 2. The fraction of sp³-hybridized carbons (Fsp3) is 0.200. The van der Waals surface area contributed by atoms with Crippen LogP contribution in [0, 0.1) is 6.92 Å². The Morgan fingerprint density at radius 1 is 1.50 bits per heavy atom. The van der Waals surface area contributed by atoms with Crippen LogP contribution in [-0.2, 0) is 6.54 Å². The number of aromatic nitrogens is 2. The van der Waals surface area contributed by atoms with Crippen LogP contribution in [0.3, 0.4) is 0 Å². The fourth-order valence-corrected chi connectivity index (χ4v) is 1.76. The number of rotatable bonds is 3. The lowest BCUT2D eigenvalue weighted by Gasteiger charge is -2.05. The molecule has 0 unspecified atom stereocenters. The Hall–Kier alpha value is -1.56. The molecule has 0 saturated heterocycles. The van der Waals surface area contributed by atoms with Crippen LogP contribution < -0.4 is 11.1 Å². The minimum absolute atomic E-state index is 0.538. The molecule has 0 bridgehead atoms. The van der Waals surface area contributed by atoms with E-state index in [0.29, 0.717) is 12.2 Å². The summed E-state index contributed by atoms with van der Waals surface area (Å²) in [7, 11) is 0. The zero-order valence-electron chi connectivity index (χ0n) is 8.70. The van der Waals surface area contributed by atoms with Gasteiger partial charge in [-0.25, -0.2) is 4.98 Å². The molecule has 0 radical (unpaired) electrons. The number of nitrogen functional groups attached to an aromatic ring is 1. The van der Waals surface area contributed by atoms with Crippen LogP contribution in [0.1, 0.15) is 11.5 Å². The van der Waals surface area contributed by atoms with Gasteiger partial charge in [0.25, 0.3) is 0 Å². The second-order valence-corrected chi connectivity index (χ2v) is 4.24. The van der Waals surface area contributed by atoms with E-state index in [-0.39, 0.29) is 0 Å². The second kappa shape index (κ2) is 4.52. The lowest BCUT2D eigenvalue weighted by Crippen LogP contribution is -2.01. The summed E-state index contributed by atoms with van der Waals surface area (Å²) in [5, 5.41) is 6.92. The summed E-state index contributed by atoms with van der Waals surface area (Å²) < 4.78 is 5.89. The van der Waals surface area contributed by atoms with E-state index >= 15 is 0 Å². The molecular weight excluding hydrogens is 272 g/mol. The maximum absolute atomic E-state index is 5.59. The van der Waals surface area contributed by atoms with Crippen molar-refractivity contribution in [1.82, 2.24) is 10.1 Å². The molecule has 0 fully saturated rings. The van der Waals surface area contributed by atoms with Crippen molar-refractivity contribution >= 4 is 27.4 Å². The summed E-state index contributed by atoms with van der Waals surface area (Å²) in [6.45, 7) is 2.42. The zero-order valence-corrected chi connectivity index (χ0v) is 10.3. The van der Waals surface area contributed by atoms with Gasteiger partial charge in [-0.15, -0.1) is 0 Å². The van der Waals surface area contributed by atoms with Crippen molar-refractivity contribution < 1.29 is 4.52 Å². The van der Waals surface area contributed by atoms with Gasteiger partial charge in [-0.2, -0.15) is 0 Å². The van der Waals surface area contributed by atoms with Crippen molar-refractivity contribution in [3.05, 3.63) is 34.3 Å². The molecule has 84 valence electrons. The number of nitrogens with one attached hydrogen (secondary N) is 1. The smallest absolute Gasteiger partial charge is 0.156 e. The molecule has 2 aromatic rings. The SMILES string of the molecule is Cc1cc(CNc2ncc(N)cc2Br)on1. The molecular formula is C10H11BrN4O. The number of hydrogen-bond donors (Lipinski definition) is 2. The number of nitrogens with zero attached hydrogens (tertiary/aromatic N) is 2. The first-order chi connectivity index (χ1) is 7.65. The molecule has 0 aliphatic heterocycles. The van der Waals surface area contributed by atoms with Crippen molar-refractivity contribution in [1.29, 1.82) is 0 Å². The zero-order chi connectivity index (χ0) is 11.5. The average molecular weight is 283 g/mol. The lowest BCUT2D eigenvalue weighted by molar-refractivity contribution is 0.384. The van der Waals surface area contributed by atoms with Crippen LogP contribution in [0.4, 0.5) is 11.5 Å². The molecule has 0 aliphatic rings. The van der Waals surface area contributed by atoms with Crippen LogP contribution in [0.15, 0.2) is 27.3 Å². The number of aryl methyl sites for hydroxylation is 1. The molecule has 16 heavy (non-hydrogen) atoms. The number of nitrogens with two attached hydrogens (primary N) is 1. The van der Waals surface area contributed by atoms with E-state index in [9.17, 15) is 0 Å². The Morgan fingerprint density at radius 3 is 2.94 bits per heavy atom. The summed E-state index contributed by atoms with van der Waals surface area (Å²) in [6, 6.07) is 3.67. The first-order valence-corrected chi connectivity index (χ1v) is 5.51. The highest BCUT2D eigenvalue weighted by Gasteiger charge is 2.04. The van der Waals surface area contributed by atoms with Crippen molar-refractivity contribution in [3.63, 3.8) is 0 Å². The normalized spacial score (nSPS) is 10.4. The average Bonchev–Trinajstić information content (AvgIpc) is 2.63. The Balaban J connectivity index is 2.04. The quantitative estimate of drug-likeness (QED) is 0.904. The van der Waals surface area contributed by atoms with Crippen LogP contribution in [0.5, 0.6) is 0 Å². The first kappa shape index (κ1) is 10.9. The van der Waals surface area contributed by atoms with E-state index in [1.807, 2.05) is 13.0 Å². The molecule has 2 heterocycles. The molecule has 2 rings (SSSR count). The van der Waals surface area contributed by atoms with Crippen LogP contribution in [-0.4, -0.2) is 10.1 Å². The highest BCUT2D eigenvalue weighted by molar-refractivity contribution is 9.10. The van der Waals surface area contributed by atoms with E-state index in [4.69, 9.17) is 10.3 Å². The molecule has 0 spiro atoms. The third-order valence-corrected chi connectivity index (χ3v) is 2.57. The van der Waals surface area contributed by atoms with Gasteiger partial charge >= 0.3 is 0 Å². The maximum Gasteiger partial charge on any atom is 0.156 e. The molecule has 0 atom stereocenters. The first-order valence-electron chi connectivity index (χ1n) is 4.72. The summed E-state index contributed by atoms with van der Waals surface area (Å²) in [4.78, 5) is 4.15. The number of halogens is 1. The summed E-state index contributed by atoms with van der Waals surface area (Å²) in [5.74, 6) is 1.49. The fourth-order valence-electron chi connectivity index (χ4n) is 1.25. The molecule has 3 N–H and O–H groups in total. The largest absolute Gasteiger partial charge is 0.397 e. The second-order valence-electron chi connectivity index (χ2n) is 3.39. The van der Waals surface area contributed by atoms with Crippen molar-refractivity contribution in [2.75, 3.05) is 11.1 Å². The van der Waals surface area contributed by atoms with Crippen LogP contribution in [0.25, 0.3) is 0 Å². The summed E-state index contributed by atoms with van der Waals surface area (Å²) >= 11 is 3.37. The van der Waals surface area contributed by atoms with Gasteiger partial charge in [-0.1, -0.05) is 5.16 Å². The number of hydrogen-bond acceptors (Lipinski definition) is 5. The highest BCUT2D eigenvalue weighted by atomic mass is 79.9. The van der Waals surface area contributed by atoms with Crippen molar-refractivity contribution in [2.45, 2.75) is 13.5 Å². The monoisotopic (exact) mass is 282 g/mol. The van der Waals surface area contributed by atoms with Gasteiger partial charge in [-0.3, -0.25) is 0 Å². The van der Waals surface area contributed by atoms with E-state index in [1.54, 1.807) is 12.3 Å². The molecule has 0 saturated carbocycles. The standard InChI is InChI=1S/C10H11BrN4O/c1-6-2-8(16-15-6)5-14-10-9(11)3-7(12)4-13-10/h2-4H,5,12H2,1H3,(H,13,14). The predicted molar refractivity (Wildman–Crippen MR) is 64.9 cm³/mol. The minimum Gasteiger partial charge on any atom is -0.397 e. The van der Waals surface area contributed by atoms with Crippen LogP contribution >= 0.6 is 15.9 Å². The van der Waals surface area contributed by atoms with E-state index < -0.39 is 0 Å². The summed E-state index contributed by atoms with van der Waals surface area (Å²) in [5.41, 5.74) is 7.07. The Labute approximate surface area is 101 Å². The molecule has 5 nitrogen and oxygen atoms in total. The highest BCUT2D eigenvalue weighted by Crippen LogP contribution is 2.22. The van der Waals surface area contributed by atoms with E-state index in [0.717, 1.165) is 21.7 Å². The topological polar surface area (TPSA) is 77.0 Å². The Bertz CT molecular complexity index is 497. The molecule has 6 heteroatoms. The van der Waals surface area contributed by atoms with Crippen molar-refractivity contribution in [3.8, 4) is 0 Å². The van der Waals surface area contributed by atoms with Gasteiger partial charge in [-0.05, 0) is 28.9 Å². The van der Waals surface area contributed by atoms with Crippen molar-refractivity contribution in [2.24, 2.45) is 0 Å². The molecule has 2 aromatic heterocycles.